The fourth-order valence-corrected chi connectivity index (χ4v) is 5.42. The summed E-state index contributed by atoms with van der Waals surface area (Å²) in [5, 5.41) is 0.586. The second kappa shape index (κ2) is 11.4. The smallest absolute Gasteiger partial charge is 0.330 e. The van der Waals surface area contributed by atoms with E-state index in [0.29, 0.717) is 24.6 Å². The van der Waals surface area contributed by atoms with Crippen molar-refractivity contribution in [1.82, 2.24) is 9.96 Å². The van der Waals surface area contributed by atoms with Gasteiger partial charge in [-0.3, -0.25) is 14.4 Å². The van der Waals surface area contributed by atoms with E-state index in [-0.39, 0.29) is 24.2 Å². The number of carbonyl (C=O) groups is 4. The van der Waals surface area contributed by atoms with Gasteiger partial charge in [-0.1, -0.05) is 69.3 Å². The van der Waals surface area contributed by atoms with Crippen LogP contribution in [-0.2, 0) is 35.9 Å². The first-order valence-electron chi connectivity index (χ1n) is 13.3. The number of imide groups is 1. The van der Waals surface area contributed by atoms with E-state index >= 15 is 0 Å². The Labute approximate surface area is 224 Å². The Kier molecular flexibility index (Phi) is 8.19. The van der Waals surface area contributed by atoms with Gasteiger partial charge in [-0.25, -0.2) is 4.79 Å². The molecule has 2 saturated heterocycles. The number of rotatable bonds is 6. The molecule has 0 aromatic heterocycles. The lowest BCUT2D eigenvalue weighted by molar-refractivity contribution is -0.209. The molecule has 2 aromatic carbocycles. The zero-order valence-electron chi connectivity index (χ0n) is 22.7. The van der Waals surface area contributed by atoms with E-state index in [1.807, 2.05) is 41.3 Å². The largest absolute Gasteiger partial charge is 0.368 e. The SMILES string of the molecule is CC(=O)ON1C(=O)CC(CC(=O)N2CCN(c3ccccc3C(C)(C)C)CC2)C(Cc2ccccc2)C1=O. The Morgan fingerprint density at radius 1 is 0.921 bits per heavy atom. The molecule has 202 valence electrons. The third-order valence-electron chi connectivity index (χ3n) is 7.39. The third-order valence-corrected chi connectivity index (χ3v) is 7.39. The van der Waals surface area contributed by atoms with Crippen LogP contribution in [0.3, 0.4) is 0 Å². The Bertz CT molecular complexity index is 1180. The van der Waals surface area contributed by atoms with Crippen LogP contribution in [0.15, 0.2) is 54.6 Å². The van der Waals surface area contributed by atoms with Crippen molar-refractivity contribution in [1.29, 1.82) is 0 Å². The number of para-hydroxylation sites is 1. The van der Waals surface area contributed by atoms with E-state index in [0.717, 1.165) is 25.6 Å². The fraction of sp³-hybridized carbons (Fsp3) is 0.467. The molecule has 3 amide bonds. The zero-order valence-corrected chi connectivity index (χ0v) is 22.7. The lowest BCUT2D eigenvalue weighted by Crippen LogP contribution is -2.53. The zero-order chi connectivity index (χ0) is 27.4. The molecule has 4 rings (SSSR count). The topological polar surface area (TPSA) is 87.2 Å². The molecule has 0 radical (unpaired) electrons. The molecule has 2 aromatic rings. The summed E-state index contributed by atoms with van der Waals surface area (Å²) in [7, 11) is 0. The van der Waals surface area contributed by atoms with Crippen LogP contribution in [0.4, 0.5) is 5.69 Å². The van der Waals surface area contributed by atoms with Gasteiger partial charge in [0, 0.05) is 57.5 Å². The molecule has 0 saturated carbocycles. The lowest BCUT2D eigenvalue weighted by atomic mass is 9.79. The average molecular weight is 520 g/mol. The summed E-state index contributed by atoms with van der Waals surface area (Å²) in [5.41, 5.74) is 3.41. The van der Waals surface area contributed by atoms with E-state index in [4.69, 9.17) is 4.84 Å². The molecule has 38 heavy (non-hydrogen) atoms. The van der Waals surface area contributed by atoms with Gasteiger partial charge in [0.2, 0.25) is 5.91 Å². The summed E-state index contributed by atoms with van der Waals surface area (Å²) in [4.78, 5) is 60.0. The van der Waals surface area contributed by atoms with Crippen molar-refractivity contribution in [3.8, 4) is 0 Å². The molecule has 0 bridgehead atoms. The van der Waals surface area contributed by atoms with Crippen LogP contribution in [0.5, 0.6) is 0 Å². The van der Waals surface area contributed by atoms with Crippen LogP contribution in [0, 0.1) is 11.8 Å². The van der Waals surface area contributed by atoms with Gasteiger partial charge < -0.3 is 14.6 Å². The minimum Gasteiger partial charge on any atom is -0.368 e. The van der Waals surface area contributed by atoms with Gasteiger partial charge in [-0.15, -0.1) is 5.06 Å². The molecule has 0 aliphatic carbocycles. The van der Waals surface area contributed by atoms with E-state index in [9.17, 15) is 19.2 Å². The summed E-state index contributed by atoms with van der Waals surface area (Å²) >= 11 is 0. The number of hydrogen-bond acceptors (Lipinski definition) is 6. The molecular weight excluding hydrogens is 482 g/mol. The van der Waals surface area contributed by atoms with Gasteiger partial charge >= 0.3 is 5.97 Å². The number of hydrogen-bond donors (Lipinski definition) is 0. The number of hydroxylamine groups is 2. The fourth-order valence-electron chi connectivity index (χ4n) is 5.42. The van der Waals surface area contributed by atoms with Crippen molar-refractivity contribution >= 4 is 29.4 Å². The maximum Gasteiger partial charge on any atom is 0.330 e. The molecule has 8 nitrogen and oxygen atoms in total. The van der Waals surface area contributed by atoms with E-state index < -0.39 is 29.6 Å². The first-order valence-corrected chi connectivity index (χ1v) is 13.3. The average Bonchev–Trinajstić information content (AvgIpc) is 2.89. The molecule has 2 unspecified atom stereocenters. The maximum atomic E-state index is 13.4. The van der Waals surface area contributed by atoms with Crippen LogP contribution in [0.1, 0.15) is 51.7 Å². The Morgan fingerprint density at radius 2 is 1.55 bits per heavy atom. The second-order valence-electron chi connectivity index (χ2n) is 11.2. The quantitative estimate of drug-likeness (QED) is 0.541. The van der Waals surface area contributed by atoms with E-state index in [1.165, 1.54) is 11.3 Å². The van der Waals surface area contributed by atoms with Gasteiger partial charge in [0.15, 0.2) is 0 Å². The van der Waals surface area contributed by atoms with Gasteiger partial charge in [0.25, 0.3) is 11.8 Å². The highest BCUT2D eigenvalue weighted by molar-refractivity contribution is 5.99. The Hall–Kier alpha value is -3.68. The van der Waals surface area contributed by atoms with Crippen LogP contribution < -0.4 is 4.90 Å². The molecule has 2 aliphatic rings. The monoisotopic (exact) mass is 519 g/mol. The number of nitrogens with zero attached hydrogens (tertiary/aromatic N) is 3. The predicted molar refractivity (Wildman–Crippen MR) is 144 cm³/mol. The molecule has 2 aliphatic heterocycles. The predicted octanol–water partition coefficient (Wildman–Crippen LogP) is 3.73. The lowest BCUT2D eigenvalue weighted by Gasteiger charge is -2.40. The van der Waals surface area contributed by atoms with Crippen LogP contribution in [-0.4, -0.2) is 59.8 Å². The third kappa shape index (κ3) is 6.23. The van der Waals surface area contributed by atoms with Crippen molar-refractivity contribution in [2.24, 2.45) is 11.8 Å². The summed E-state index contributed by atoms with van der Waals surface area (Å²) in [6.07, 6.45) is 0.433. The van der Waals surface area contributed by atoms with Crippen molar-refractivity contribution < 1.29 is 24.0 Å². The first-order chi connectivity index (χ1) is 18.0. The van der Waals surface area contributed by atoms with Crippen molar-refractivity contribution in [3.63, 3.8) is 0 Å². The summed E-state index contributed by atoms with van der Waals surface area (Å²) < 4.78 is 0. The minimum absolute atomic E-state index is 0.0113. The summed E-state index contributed by atoms with van der Waals surface area (Å²) in [6.45, 7) is 10.3. The highest BCUT2D eigenvalue weighted by Crippen LogP contribution is 2.34. The van der Waals surface area contributed by atoms with Crippen LogP contribution >= 0.6 is 0 Å². The van der Waals surface area contributed by atoms with Gasteiger partial charge in [-0.2, -0.15) is 0 Å². The molecule has 0 N–H and O–H groups in total. The molecule has 2 atom stereocenters. The standard InChI is InChI=1S/C30H37N3O5/c1-21(34)38-33-28(36)20-23(24(29(33)37)18-22-10-6-5-7-11-22)19-27(35)32-16-14-31(15-17-32)26-13-9-8-12-25(26)30(2,3)4/h5-13,23-24H,14-20H2,1-4H3. The number of piperidine rings is 1. The number of anilines is 1. The molecular formula is C30H37N3O5. The van der Waals surface area contributed by atoms with Crippen molar-refractivity contribution in [2.45, 2.75) is 52.4 Å². The van der Waals surface area contributed by atoms with E-state index in [2.05, 4.69) is 43.9 Å². The number of benzene rings is 2. The maximum absolute atomic E-state index is 13.4. The molecule has 0 spiro atoms. The summed E-state index contributed by atoms with van der Waals surface area (Å²) in [5.74, 6) is -3.05. The number of piperazine rings is 1. The number of amides is 3. The van der Waals surface area contributed by atoms with Crippen LogP contribution in [0.25, 0.3) is 0 Å². The Morgan fingerprint density at radius 3 is 2.18 bits per heavy atom. The normalized spacial score (nSPS) is 20.5. The molecule has 2 heterocycles. The van der Waals surface area contributed by atoms with E-state index in [1.54, 1.807) is 0 Å². The molecule has 8 heteroatoms. The highest BCUT2D eigenvalue weighted by atomic mass is 16.7. The summed E-state index contributed by atoms with van der Waals surface area (Å²) in [6, 6.07) is 17.9. The molecule has 2 fully saturated rings. The van der Waals surface area contributed by atoms with Crippen molar-refractivity contribution in [2.75, 3.05) is 31.1 Å². The van der Waals surface area contributed by atoms with Gasteiger partial charge in [-0.05, 0) is 34.9 Å². The first kappa shape index (κ1) is 27.4. The second-order valence-corrected chi connectivity index (χ2v) is 11.2. The van der Waals surface area contributed by atoms with Crippen LogP contribution in [0.2, 0.25) is 0 Å². The Balaban J connectivity index is 1.45. The number of carbonyl (C=O) groups excluding carboxylic acids is 4. The minimum atomic E-state index is -0.731. The van der Waals surface area contributed by atoms with Gasteiger partial charge in [0.1, 0.15) is 0 Å². The highest BCUT2D eigenvalue weighted by Gasteiger charge is 2.44. The van der Waals surface area contributed by atoms with Gasteiger partial charge in [0.05, 0.1) is 0 Å². The van der Waals surface area contributed by atoms with Crippen molar-refractivity contribution in [3.05, 3.63) is 65.7 Å².